The highest BCUT2D eigenvalue weighted by molar-refractivity contribution is 5.14. The fourth-order valence-electron chi connectivity index (χ4n) is 1.34. The van der Waals surface area contributed by atoms with Crippen molar-refractivity contribution in [3.63, 3.8) is 0 Å². The van der Waals surface area contributed by atoms with E-state index in [1.165, 1.54) is 0 Å². The summed E-state index contributed by atoms with van der Waals surface area (Å²) in [5, 5.41) is 9.26. The number of aliphatic hydroxyl groups excluding tert-OH is 1. The predicted octanol–water partition coefficient (Wildman–Crippen LogP) is 1.75. The Morgan fingerprint density at radius 3 is 2.30 bits per heavy atom. The van der Waals surface area contributed by atoms with Gasteiger partial charge in [-0.1, -0.05) is 31.2 Å². The molecule has 56 valence electrons. The molecule has 0 saturated heterocycles. The van der Waals surface area contributed by atoms with Crippen molar-refractivity contribution in [3.05, 3.63) is 24.3 Å². The van der Waals surface area contributed by atoms with E-state index in [0.29, 0.717) is 11.8 Å². The first-order valence-corrected chi connectivity index (χ1v) is 3.75. The van der Waals surface area contributed by atoms with Crippen molar-refractivity contribution < 1.29 is 5.11 Å². The van der Waals surface area contributed by atoms with Crippen LogP contribution in [0.2, 0.25) is 0 Å². The minimum atomic E-state index is -0.226. The highest BCUT2D eigenvalue weighted by Gasteiger charge is 2.18. The van der Waals surface area contributed by atoms with Gasteiger partial charge >= 0.3 is 0 Å². The molecular formula is C9H14O. The molecule has 10 heavy (non-hydrogen) atoms. The van der Waals surface area contributed by atoms with E-state index >= 15 is 0 Å². The Labute approximate surface area is 62.1 Å². The van der Waals surface area contributed by atoms with Crippen molar-refractivity contribution in [2.75, 3.05) is 0 Å². The van der Waals surface area contributed by atoms with E-state index in [4.69, 9.17) is 0 Å². The molecule has 0 amide bonds. The summed E-state index contributed by atoms with van der Waals surface area (Å²) in [7, 11) is 0. The third kappa shape index (κ3) is 1.48. The van der Waals surface area contributed by atoms with Gasteiger partial charge < -0.3 is 5.11 Å². The van der Waals surface area contributed by atoms with Crippen molar-refractivity contribution in [2.45, 2.75) is 20.0 Å². The number of hydrogen-bond acceptors (Lipinski definition) is 1. The Hall–Kier alpha value is -0.560. The van der Waals surface area contributed by atoms with Gasteiger partial charge in [-0.15, -0.1) is 0 Å². The van der Waals surface area contributed by atoms with Crippen LogP contribution >= 0.6 is 0 Å². The highest BCUT2D eigenvalue weighted by atomic mass is 16.3. The Morgan fingerprint density at radius 2 is 1.90 bits per heavy atom. The van der Waals surface area contributed by atoms with E-state index in [0.717, 1.165) is 0 Å². The molecule has 0 saturated carbocycles. The van der Waals surface area contributed by atoms with Crippen molar-refractivity contribution >= 4 is 0 Å². The molecule has 1 aliphatic rings. The topological polar surface area (TPSA) is 20.2 Å². The summed E-state index contributed by atoms with van der Waals surface area (Å²) in [6.45, 7) is 3.96. The number of allylic oxidation sites excluding steroid dienone is 3. The molecule has 0 heterocycles. The zero-order chi connectivity index (χ0) is 7.56. The van der Waals surface area contributed by atoms with E-state index in [-0.39, 0.29) is 6.10 Å². The molecule has 0 aromatic carbocycles. The average Bonchev–Trinajstić information content (AvgIpc) is 1.88. The molecule has 1 aliphatic carbocycles. The molecule has 1 rings (SSSR count). The van der Waals surface area contributed by atoms with E-state index in [1.807, 2.05) is 19.1 Å². The number of aliphatic hydroxyl groups is 1. The normalized spacial score (nSPS) is 34.3. The first-order valence-electron chi connectivity index (χ1n) is 3.75. The summed E-state index contributed by atoms with van der Waals surface area (Å²) in [6.07, 6.45) is 7.99. The average molecular weight is 138 g/mol. The summed E-state index contributed by atoms with van der Waals surface area (Å²) in [4.78, 5) is 0. The van der Waals surface area contributed by atoms with Gasteiger partial charge in [0.1, 0.15) is 0 Å². The predicted molar refractivity (Wildman–Crippen MR) is 42.6 cm³/mol. The van der Waals surface area contributed by atoms with Crippen LogP contribution in [0.25, 0.3) is 0 Å². The fourth-order valence-corrected chi connectivity index (χ4v) is 1.34. The van der Waals surface area contributed by atoms with Gasteiger partial charge in [-0.3, -0.25) is 0 Å². The van der Waals surface area contributed by atoms with Crippen molar-refractivity contribution in [1.82, 2.24) is 0 Å². The smallest absolute Gasteiger partial charge is 0.0580 e. The second kappa shape index (κ2) is 3.02. The van der Waals surface area contributed by atoms with Crippen LogP contribution in [0.5, 0.6) is 0 Å². The molecule has 1 N–H and O–H groups in total. The lowest BCUT2D eigenvalue weighted by molar-refractivity contribution is 0.130. The number of rotatable bonds is 1. The van der Waals surface area contributed by atoms with E-state index in [9.17, 15) is 5.11 Å². The molecular weight excluding hydrogens is 124 g/mol. The van der Waals surface area contributed by atoms with Gasteiger partial charge in [0, 0.05) is 5.92 Å². The molecule has 0 spiro atoms. The molecule has 0 fully saturated rings. The summed E-state index contributed by atoms with van der Waals surface area (Å²) < 4.78 is 0. The van der Waals surface area contributed by atoms with Crippen LogP contribution in [0.15, 0.2) is 24.3 Å². The van der Waals surface area contributed by atoms with Gasteiger partial charge in [-0.25, -0.2) is 0 Å². The Morgan fingerprint density at radius 1 is 1.30 bits per heavy atom. The molecule has 1 nitrogen and oxygen atoms in total. The van der Waals surface area contributed by atoms with E-state index in [1.54, 1.807) is 0 Å². The quantitative estimate of drug-likeness (QED) is 0.585. The monoisotopic (exact) mass is 138 g/mol. The molecule has 0 aromatic heterocycles. The van der Waals surface area contributed by atoms with Crippen LogP contribution in [0.4, 0.5) is 0 Å². The number of hydrogen-bond donors (Lipinski definition) is 1. The Balaban J connectivity index is 2.61. The van der Waals surface area contributed by atoms with Gasteiger partial charge in [0.2, 0.25) is 0 Å². The SMILES string of the molecule is CC(O)C1C=CC=C[C@H]1C. The van der Waals surface area contributed by atoms with Crippen LogP contribution < -0.4 is 0 Å². The maximum absolute atomic E-state index is 9.26. The first-order chi connectivity index (χ1) is 4.72. The third-order valence-electron chi connectivity index (χ3n) is 2.02. The molecule has 0 radical (unpaired) electrons. The standard InChI is InChI=1S/C9H14O/c1-7-5-3-4-6-9(7)8(2)10/h3-10H,1-2H3/t7-,8?,9?/m1/s1. The van der Waals surface area contributed by atoms with Gasteiger partial charge in [0.15, 0.2) is 0 Å². The van der Waals surface area contributed by atoms with E-state index in [2.05, 4.69) is 19.1 Å². The van der Waals surface area contributed by atoms with Gasteiger partial charge in [0.25, 0.3) is 0 Å². The van der Waals surface area contributed by atoms with Gasteiger partial charge in [0.05, 0.1) is 6.10 Å². The van der Waals surface area contributed by atoms with Crippen LogP contribution in [0, 0.1) is 11.8 Å². The minimum absolute atomic E-state index is 0.226. The molecule has 0 bridgehead atoms. The van der Waals surface area contributed by atoms with Crippen molar-refractivity contribution in [2.24, 2.45) is 11.8 Å². The zero-order valence-corrected chi connectivity index (χ0v) is 6.49. The lowest BCUT2D eigenvalue weighted by Gasteiger charge is -2.22. The minimum Gasteiger partial charge on any atom is -0.393 e. The van der Waals surface area contributed by atoms with Crippen LogP contribution in [-0.2, 0) is 0 Å². The fraction of sp³-hybridized carbons (Fsp3) is 0.556. The molecule has 0 aromatic rings. The highest BCUT2D eigenvalue weighted by Crippen LogP contribution is 2.21. The maximum Gasteiger partial charge on any atom is 0.0580 e. The summed E-state index contributed by atoms with van der Waals surface area (Å²) in [5.74, 6) is 0.787. The van der Waals surface area contributed by atoms with Gasteiger partial charge in [-0.2, -0.15) is 0 Å². The molecule has 3 atom stereocenters. The molecule has 0 aliphatic heterocycles. The van der Waals surface area contributed by atoms with Crippen LogP contribution in [0.3, 0.4) is 0 Å². The van der Waals surface area contributed by atoms with Crippen molar-refractivity contribution in [1.29, 1.82) is 0 Å². The van der Waals surface area contributed by atoms with Gasteiger partial charge in [-0.05, 0) is 12.8 Å². The summed E-state index contributed by atoms with van der Waals surface area (Å²) in [5.41, 5.74) is 0. The van der Waals surface area contributed by atoms with Crippen LogP contribution in [-0.4, -0.2) is 11.2 Å². The largest absolute Gasteiger partial charge is 0.393 e. The van der Waals surface area contributed by atoms with Crippen molar-refractivity contribution in [3.8, 4) is 0 Å². The summed E-state index contributed by atoms with van der Waals surface area (Å²) >= 11 is 0. The maximum atomic E-state index is 9.26. The Bertz CT molecular complexity index is 156. The second-order valence-electron chi connectivity index (χ2n) is 2.95. The summed E-state index contributed by atoms with van der Waals surface area (Å²) in [6, 6.07) is 0. The molecule has 2 unspecified atom stereocenters. The first kappa shape index (κ1) is 7.55. The zero-order valence-electron chi connectivity index (χ0n) is 6.49. The second-order valence-corrected chi connectivity index (χ2v) is 2.95. The van der Waals surface area contributed by atoms with Crippen LogP contribution in [0.1, 0.15) is 13.8 Å². The van der Waals surface area contributed by atoms with E-state index < -0.39 is 0 Å². The molecule has 1 heteroatoms. The Kier molecular flexibility index (Phi) is 2.28. The lowest BCUT2D eigenvalue weighted by atomic mass is 9.86. The lowest BCUT2D eigenvalue weighted by Crippen LogP contribution is -2.21. The third-order valence-corrected chi connectivity index (χ3v) is 2.02.